The molecule has 22 heavy (non-hydrogen) atoms. The van der Waals surface area contributed by atoms with Gasteiger partial charge in [-0.1, -0.05) is 67.8 Å². The van der Waals surface area contributed by atoms with Crippen LogP contribution in [0, 0.1) is 5.92 Å². The maximum Gasteiger partial charge on any atom is 0.198 e. The van der Waals surface area contributed by atoms with Crippen molar-refractivity contribution < 1.29 is 9.90 Å². The average molecular weight is 319 g/mol. The largest absolute Gasteiger partial charge is 0.377 e. The number of rotatable bonds is 8. The molecule has 0 spiro atoms. The van der Waals surface area contributed by atoms with E-state index in [4.69, 9.17) is 11.6 Å². The Morgan fingerprint density at radius 2 is 1.82 bits per heavy atom. The molecule has 1 aliphatic carbocycles. The molecule has 0 heterocycles. The molecule has 1 aromatic carbocycles. The smallest absolute Gasteiger partial charge is 0.198 e. The fourth-order valence-corrected chi connectivity index (χ4v) is 3.05. The molecule has 1 aliphatic rings. The minimum Gasteiger partial charge on any atom is -0.377 e. The van der Waals surface area contributed by atoms with Crippen molar-refractivity contribution >= 4 is 17.4 Å². The highest BCUT2D eigenvalue weighted by atomic mass is 35.5. The van der Waals surface area contributed by atoms with Gasteiger partial charge in [-0.2, -0.15) is 0 Å². The van der Waals surface area contributed by atoms with Crippen LogP contribution in [0.2, 0.25) is 0 Å². The summed E-state index contributed by atoms with van der Waals surface area (Å²) >= 11 is 5.68. The lowest BCUT2D eigenvalue weighted by Crippen LogP contribution is -2.44. The summed E-state index contributed by atoms with van der Waals surface area (Å²) in [5.41, 5.74) is -0.875. The second kappa shape index (κ2) is 8.30. The summed E-state index contributed by atoms with van der Waals surface area (Å²) in [5, 5.41) is 10.9. The Labute approximate surface area is 137 Å². The molecule has 2 atom stereocenters. The van der Waals surface area contributed by atoms with Gasteiger partial charge in [0.1, 0.15) is 0 Å². The lowest BCUT2D eigenvalue weighted by atomic mass is 9.76. The van der Waals surface area contributed by atoms with Crippen LogP contribution in [0.1, 0.15) is 42.5 Å². The van der Waals surface area contributed by atoms with Crippen molar-refractivity contribution in [1.29, 1.82) is 0 Å². The van der Waals surface area contributed by atoms with Crippen LogP contribution in [0.15, 0.2) is 54.6 Å². The molecule has 2 unspecified atom stereocenters. The Bertz CT molecular complexity index is 536. The molecule has 0 fully saturated rings. The number of aliphatic hydroxyl groups is 1. The van der Waals surface area contributed by atoms with Gasteiger partial charge in [-0.3, -0.25) is 4.79 Å². The minimum absolute atomic E-state index is 0.166. The number of carbonyl (C=O) groups excluding carboxylic acids is 1. The number of carbonyl (C=O) groups is 1. The standard InChI is InChI=1S/C19H23ClO2/c20-15-9-2-1-6-12-17-13-7-8-14-19(17,22)18(21)16-10-4-3-5-11-16/h3-5,7-8,10-11,13-14,17,22H,1-2,6,9,12,15H2. The van der Waals surface area contributed by atoms with Gasteiger partial charge in [0.25, 0.3) is 0 Å². The number of allylic oxidation sites excluding steroid dienone is 2. The number of unbranched alkanes of at least 4 members (excludes halogenated alkanes) is 3. The lowest BCUT2D eigenvalue weighted by molar-refractivity contribution is 0.0327. The van der Waals surface area contributed by atoms with Crippen molar-refractivity contribution in [3.63, 3.8) is 0 Å². The molecule has 3 heteroatoms. The molecule has 0 radical (unpaired) electrons. The zero-order valence-electron chi connectivity index (χ0n) is 12.7. The Morgan fingerprint density at radius 1 is 1.09 bits per heavy atom. The molecule has 0 aliphatic heterocycles. The van der Waals surface area contributed by atoms with Crippen LogP contribution in [0.25, 0.3) is 0 Å². The molecule has 0 saturated heterocycles. The summed E-state index contributed by atoms with van der Waals surface area (Å²) in [7, 11) is 0. The van der Waals surface area contributed by atoms with E-state index < -0.39 is 5.60 Å². The monoisotopic (exact) mass is 318 g/mol. The third kappa shape index (κ3) is 4.08. The van der Waals surface area contributed by atoms with Gasteiger partial charge in [-0.25, -0.2) is 0 Å². The van der Waals surface area contributed by atoms with E-state index in [0.29, 0.717) is 11.4 Å². The first kappa shape index (κ1) is 17.0. The van der Waals surface area contributed by atoms with Crippen LogP contribution in [0.3, 0.4) is 0 Å². The summed E-state index contributed by atoms with van der Waals surface area (Å²) in [5.74, 6) is 0.309. The number of alkyl halides is 1. The average Bonchev–Trinajstić information content (AvgIpc) is 2.56. The number of hydrogen-bond donors (Lipinski definition) is 1. The Kier molecular flexibility index (Phi) is 6.41. The Morgan fingerprint density at radius 3 is 2.55 bits per heavy atom. The maximum atomic E-state index is 12.7. The van der Waals surface area contributed by atoms with Gasteiger partial charge < -0.3 is 5.11 Å². The maximum absolute atomic E-state index is 12.7. The quantitative estimate of drug-likeness (QED) is 0.434. The first-order valence-corrected chi connectivity index (χ1v) is 8.46. The molecule has 0 saturated carbocycles. The third-order valence-corrected chi connectivity index (χ3v) is 4.44. The highest BCUT2D eigenvalue weighted by molar-refractivity contribution is 6.17. The predicted octanol–water partition coefficient (Wildman–Crippen LogP) is 4.53. The van der Waals surface area contributed by atoms with Gasteiger partial charge >= 0.3 is 0 Å². The molecular formula is C19H23ClO2. The molecule has 0 aromatic heterocycles. The molecule has 1 aromatic rings. The van der Waals surface area contributed by atoms with E-state index >= 15 is 0 Å². The number of hydrogen-bond acceptors (Lipinski definition) is 2. The predicted molar refractivity (Wildman–Crippen MR) is 91.3 cm³/mol. The van der Waals surface area contributed by atoms with Crippen LogP contribution < -0.4 is 0 Å². The zero-order chi connectivity index (χ0) is 15.8. The van der Waals surface area contributed by atoms with Crippen LogP contribution >= 0.6 is 11.6 Å². The van der Waals surface area contributed by atoms with Gasteiger partial charge in [-0.05, 0) is 18.9 Å². The molecular weight excluding hydrogens is 296 g/mol. The first-order valence-electron chi connectivity index (χ1n) is 7.92. The van der Waals surface area contributed by atoms with Crippen molar-refractivity contribution in [1.82, 2.24) is 0 Å². The van der Waals surface area contributed by atoms with E-state index in [1.807, 2.05) is 30.4 Å². The van der Waals surface area contributed by atoms with Crippen molar-refractivity contribution in [2.75, 3.05) is 5.88 Å². The van der Waals surface area contributed by atoms with Crippen LogP contribution in [0.5, 0.6) is 0 Å². The van der Waals surface area contributed by atoms with Crippen molar-refractivity contribution in [2.45, 2.75) is 37.7 Å². The second-order valence-corrected chi connectivity index (χ2v) is 6.14. The topological polar surface area (TPSA) is 37.3 Å². The van der Waals surface area contributed by atoms with Crippen molar-refractivity contribution in [3.8, 4) is 0 Å². The van der Waals surface area contributed by atoms with E-state index in [1.165, 1.54) is 0 Å². The SMILES string of the molecule is O=C(c1ccccc1)C1(O)C=CC=CC1CCCCCCCl. The second-order valence-electron chi connectivity index (χ2n) is 5.76. The summed E-state index contributed by atoms with van der Waals surface area (Å²) < 4.78 is 0. The number of benzene rings is 1. The number of halogens is 1. The molecule has 1 N–H and O–H groups in total. The molecule has 118 valence electrons. The normalized spacial score (nSPS) is 23.6. The Hall–Kier alpha value is -1.38. The summed E-state index contributed by atoms with van der Waals surface area (Å²) in [6.07, 6.45) is 12.2. The van der Waals surface area contributed by atoms with Gasteiger partial charge in [0.15, 0.2) is 11.4 Å². The number of ketones is 1. The van der Waals surface area contributed by atoms with Gasteiger partial charge in [0.2, 0.25) is 0 Å². The molecule has 2 nitrogen and oxygen atoms in total. The highest BCUT2D eigenvalue weighted by Crippen LogP contribution is 2.32. The molecule has 2 rings (SSSR count). The van der Waals surface area contributed by atoms with E-state index in [1.54, 1.807) is 24.3 Å². The molecule has 0 bridgehead atoms. The minimum atomic E-state index is -1.43. The van der Waals surface area contributed by atoms with E-state index in [-0.39, 0.29) is 11.7 Å². The lowest BCUT2D eigenvalue weighted by Gasteiger charge is -2.32. The zero-order valence-corrected chi connectivity index (χ0v) is 13.5. The fourth-order valence-electron chi connectivity index (χ4n) is 2.86. The van der Waals surface area contributed by atoms with Crippen LogP contribution in [-0.4, -0.2) is 22.4 Å². The summed E-state index contributed by atoms with van der Waals surface area (Å²) in [4.78, 5) is 12.7. The first-order chi connectivity index (χ1) is 10.7. The van der Waals surface area contributed by atoms with E-state index in [0.717, 1.165) is 32.1 Å². The van der Waals surface area contributed by atoms with Crippen LogP contribution in [-0.2, 0) is 0 Å². The van der Waals surface area contributed by atoms with Crippen molar-refractivity contribution in [2.24, 2.45) is 5.92 Å². The van der Waals surface area contributed by atoms with Crippen molar-refractivity contribution in [3.05, 3.63) is 60.2 Å². The third-order valence-electron chi connectivity index (χ3n) is 4.17. The summed E-state index contributed by atoms with van der Waals surface area (Å²) in [6, 6.07) is 9.01. The fraction of sp³-hybridized carbons (Fsp3) is 0.421. The highest BCUT2D eigenvalue weighted by Gasteiger charge is 2.41. The van der Waals surface area contributed by atoms with Gasteiger partial charge in [0, 0.05) is 17.4 Å². The summed E-state index contributed by atoms with van der Waals surface area (Å²) in [6.45, 7) is 0. The Balaban J connectivity index is 2.04. The van der Waals surface area contributed by atoms with Gasteiger partial charge in [-0.15, -0.1) is 11.6 Å². The number of Topliss-reactive ketones (excluding diaryl/α,β-unsaturated/α-hetero) is 1. The van der Waals surface area contributed by atoms with E-state index in [2.05, 4.69) is 0 Å². The van der Waals surface area contributed by atoms with Gasteiger partial charge in [0.05, 0.1) is 0 Å². The van der Waals surface area contributed by atoms with E-state index in [9.17, 15) is 9.90 Å². The van der Waals surface area contributed by atoms with Crippen LogP contribution in [0.4, 0.5) is 0 Å². The molecule has 0 amide bonds.